The summed E-state index contributed by atoms with van der Waals surface area (Å²) >= 11 is 0. The molecule has 1 aromatic rings. The molecule has 4 unspecified atom stereocenters. The van der Waals surface area contributed by atoms with Crippen LogP contribution < -0.4 is 9.64 Å². The molecule has 0 radical (unpaired) electrons. The number of methoxy groups -OCH3 is 1. The number of carbonyl (C=O) groups excluding carboxylic acids is 2. The zero-order chi connectivity index (χ0) is 17.5. The molecule has 3 aliphatic carbocycles. The van der Waals surface area contributed by atoms with Gasteiger partial charge in [-0.3, -0.25) is 19.7 Å². The molecule has 0 aromatic heterocycles. The van der Waals surface area contributed by atoms with Gasteiger partial charge in [0, 0.05) is 12.1 Å². The predicted molar refractivity (Wildman–Crippen MR) is 86.9 cm³/mol. The maximum atomic E-state index is 13.1. The second-order valence-corrected chi connectivity index (χ2v) is 7.35. The Labute approximate surface area is 143 Å². The third-order valence-electron chi connectivity index (χ3n) is 6.47. The van der Waals surface area contributed by atoms with Gasteiger partial charge in [0.25, 0.3) is 5.69 Å². The number of imide groups is 1. The predicted octanol–water partition coefficient (Wildman–Crippen LogP) is 2.30. The van der Waals surface area contributed by atoms with Crippen molar-refractivity contribution in [2.24, 2.45) is 29.1 Å². The number of non-ortho nitro benzene ring substituents is 1. The van der Waals surface area contributed by atoms with Crippen LogP contribution >= 0.6 is 0 Å². The molecular formula is C18H16N2O5. The third-order valence-corrected chi connectivity index (χ3v) is 6.47. The van der Waals surface area contributed by atoms with Crippen LogP contribution in [0.15, 0.2) is 30.4 Å². The van der Waals surface area contributed by atoms with Crippen LogP contribution in [0.5, 0.6) is 5.75 Å². The van der Waals surface area contributed by atoms with Crippen LogP contribution in [0.25, 0.3) is 0 Å². The molecule has 1 aromatic carbocycles. The van der Waals surface area contributed by atoms with E-state index in [9.17, 15) is 19.7 Å². The molecule has 128 valence electrons. The van der Waals surface area contributed by atoms with E-state index in [1.165, 1.54) is 25.3 Å². The lowest BCUT2D eigenvalue weighted by Crippen LogP contribution is -2.35. The van der Waals surface area contributed by atoms with E-state index in [0.29, 0.717) is 0 Å². The van der Waals surface area contributed by atoms with Gasteiger partial charge >= 0.3 is 0 Å². The van der Waals surface area contributed by atoms with E-state index in [0.717, 1.165) is 17.7 Å². The van der Waals surface area contributed by atoms with Gasteiger partial charge in [-0.15, -0.1) is 0 Å². The Morgan fingerprint density at radius 1 is 1.16 bits per heavy atom. The molecule has 5 rings (SSSR count). The minimum Gasteiger partial charge on any atom is -0.495 e. The van der Waals surface area contributed by atoms with Gasteiger partial charge in [0.2, 0.25) is 11.8 Å². The number of anilines is 1. The summed E-state index contributed by atoms with van der Waals surface area (Å²) in [6.45, 7) is 0. The molecule has 4 atom stereocenters. The van der Waals surface area contributed by atoms with Crippen LogP contribution in [0.2, 0.25) is 0 Å². The largest absolute Gasteiger partial charge is 0.495 e. The van der Waals surface area contributed by atoms with Gasteiger partial charge in [-0.25, -0.2) is 4.90 Å². The summed E-state index contributed by atoms with van der Waals surface area (Å²) in [5.41, 5.74) is 0.123. The van der Waals surface area contributed by atoms with Crippen LogP contribution in [0.3, 0.4) is 0 Å². The minimum atomic E-state index is -0.542. The lowest BCUT2D eigenvalue weighted by Gasteiger charge is -2.22. The van der Waals surface area contributed by atoms with Crippen molar-refractivity contribution < 1.29 is 19.2 Å². The van der Waals surface area contributed by atoms with E-state index >= 15 is 0 Å². The first-order valence-corrected chi connectivity index (χ1v) is 8.38. The smallest absolute Gasteiger partial charge is 0.271 e. The fourth-order valence-electron chi connectivity index (χ4n) is 5.28. The summed E-state index contributed by atoms with van der Waals surface area (Å²) in [5, 5.41) is 11.1. The number of carbonyl (C=O) groups is 2. The van der Waals surface area contributed by atoms with Crippen LogP contribution in [0.1, 0.15) is 12.8 Å². The minimum absolute atomic E-state index is 0.119. The van der Waals surface area contributed by atoms with Crippen molar-refractivity contribution in [2.75, 3.05) is 12.0 Å². The lowest BCUT2D eigenvalue weighted by atomic mass is 9.85. The number of nitro benzene ring substituents is 1. The molecule has 2 saturated carbocycles. The number of amides is 2. The van der Waals surface area contributed by atoms with Crippen LogP contribution in [0, 0.1) is 39.2 Å². The maximum absolute atomic E-state index is 13.1. The average Bonchev–Trinajstić information content (AvgIpc) is 3.19. The number of hydrogen-bond donors (Lipinski definition) is 0. The van der Waals surface area contributed by atoms with Crippen LogP contribution in [0.4, 0.5) is 11.4 Å². The summed E-state index contributed by atoms with van der Waals surface area (Å²) in [6.07, 6.45) is 6.34. The van der Waals surface area contributed by atoms with Crippen molar-refractivity contribution in [3.05, 3.63) is 40.5 Å². The number of nitro groups is 1. The van der Waals surface area contributed by atoms with E-state index in [2.05, 4.69) is 12.2 Å². The van der Waals surface area contributed by atoms with Crippen LogP contribution in [-0.4, -0.2) is 23.8 Å². The summed E-state index contributed by atoms with van der Waals surface area (Å²) in [4.78, 5) is 37.9. The molecule has 1 aliphatic heterocycles. The quantitative estimate of drug-likeness (QED) is 0.364. The Morgan fingerprint density at radius 2 is 1.76 bits per heavy atom. The number of allylic oxidation sites excluding steroid dienone is 2. The topological polar surface area (TPSA) is 89.8 Å². The highest BCUT2D eigenvalue weighted by molar-refractivity contribution is 6.23. The van der Waals surface area contributed by atoms with Crippen molar-refractivity contribution in [2.45, 2.75) is 12.8 Å². The second-order valence-electron chi connectivity index (χ2n) is 7.35. The van der Waals surface area contributed by atoms with E-state index in [-0.39, 0.29) is 58.0 Å². The van der Waals surface area contributed by atoms with Crippen molar-refractivity contribution in [1.82, 2.24) is 0 Å². The maximum Gasteiger partial charge on any atom is 0.271 e. The van der Waals surface area contributed by atoms with E-state index in [1.54, 1.807) is 0 Å². The number of nitrogens with zero attached hydrogens (tertiary/aromatic N) is 2. The fraction of sp³-hybridized carbons (Fsp3) is 0.444. The zero-order valence-electron chi connectivity index (χ0n) is 13.5. The van der Waals surface area contributed by atoms with E-state index < -0.39 is 4.92 Å². The van der Waals surface area contributed by atoms with E-state index in [4.69, 9.17) is 4.74 Å². The highest BCUT2D eigenvalue weighted by atomic mass is 16.6. The molecule has 0 N–H and O–H groups in total. The standard InChI is InChI=1S/C18H16N2O5/c1-25-13-5-2-9(20(23)24)8-12(13)19-16(21)14-10-3-4-11(15(14)17(19)22)18(10)6-7-18/h2-5,8,10-11,14-15H,6-7H2,1H3. The van der Waals surface area contributed by atoms with Crippen molar-refractivity contribution in [1.29, 1.82) is 0 Å². The average molecular weight is 340 g/mol. The molecule has 2 amide bonds. The molecule has 3 fully saturated rings. The Bertz CT molecular complexity index is 838. The second kappa shape index (κ2) is 4.47. The highest BCUT2D eigenvalue weighted by Gasteiger charge is 2.73. The van der Waals surface area contributed by atoms with Gasteiger partial charge in [-0.05, 0) is 36.2 Å². The van der Waals surface area contributed by atoms with Crippen LogP contribution in [-0.2, 0) is 9.59 Å². The Morgan fingerprint density at radius 3 is 2.24 bits per heavy atom. The first-order chi connectivity index (χ1) is 12.0. The molecule has 7 nitrogen and oxygen atoms in total. The first-order valence-electron chi connectivity index (χ1n) is 8.38. The fourth-order valence-corrected chi connectivity index (χ4v) is 5.28. The van der Waals surface area contributed by atoms with Gasteiger partial charge in [0.15, 0.2) is 0 Å². The lowest BCUT2D eigenvalue weighted by molar-refractivity contribution is -0.384. The Balaban J connectivity index is 1.59. The molecule has 7 heteroatoms. The van der Waals surface area contributed by atoms with Gasteiger partial charge in [-0.1, -0.05) is 12.2 Å². The molecule has 25 heavy (non-hydrogen) atoms. The van der Waals surface area contributed by atoms with Gasteiger partial charge in [0.05, 0.1) is 23.9 Å². The molecule has 1 heterocycles. The number of fused-ring (bicyclic) bond motifs is 3. The normalized spacial score (nSPS) is 33.2. The number of hydrogen-bond acceptors (Lipinski definition) is 5. The molecule has 1 saturated heterocycles. The van der Waals surface area contributed by atoms with Crippen molar-refractivity contribution >= 4 is 23.2 Å². The summed E-state index contributed by atoms with van der Waals surface area (Å²) in [6, 6.07) is 3.98. The van der Waals surface area contributed by atoms with Gasteiger partial charge < -0.3 is 4.74 Å². The zero-order valence-corrected chi connectivity index (χ0v) is 13.5. The molecule has 4 aliphatic rings. The monoisotopic (exact) mass is 340 g/mol. The Hall–Kier alpha value is -2.70. The highest BCUT2D eigenvalue weighted by Crippen LogP contribution is 2.73. The first kappa shape index (κ1) is 14.6. The summed E-state index contributed by atoms with van der Waals surface area (Å²) < 4.78 is 5.25. The Kier molecular flexibility index (Phi) is 2.62. The molecule has 2 bridgehead atoms. The third kappa shape index (κ3) is 1.61. The molecule has 1 spiro atoms. The van der Waals surface area contributed by atoms with Gasteiger partial charge in [0.1, 0.15) is 11.4 Å². The number of benzene rings is 1. The summed E-state index contributed by atoms with van der Waals surface area (Å²) in [5.74, 6) is -0.659. The molecular weight excluding hydrogens is 324 g/mol. The SMILES string of the molecule is COc1ccc([N+](=O)[O-])cc1N1C(=O)C2C(C1=O)C1C=CC2C12CC2. The number of ether oxygens (including phenoxy) is 1. The van der Waals surface area contributed by atoms with Crippen molar-refractivity contribution in [3.8, 4) is 5.75 Å². The van der Waals surface area contributed by atoms with Crippen molar-refractivity contribution in [3.63, 3.8) is 0 Å². The summed E-state index contributed by atoms with van der Waals surface area (Å²) in [7, 11) is 1.42. The van der Waals surface area contributed by atoms with Gasteiger partial charge in [-0.2, -0.15) is 0 Å². The van der Waals surface area contributed by atoms with E-state index in [1.807, 2.05) is 0 Å². The number of rotatable bonds is 3.